The van der Waals surface area contributed by atoms with Crippen LogP contribution in [0.5, 0.6) is 23.0 Å². The predicted molar refractivity (Wildman–Crippen MR) is 87.2 cm³/mol. The lowest BCUT2D eigenvalue weighted by molar-refractivity contribution is 0.373. The number of halogens is 1. The van der Waals surface area contributed by atoms with E-state index in [2.05, 4.69) is 15.9 Å². The molecule has 0 fully saturated rings. The van der Waals surface area contributed by atoms with E-state index in [1.165, 1.54) is 31.4 Å². The van der Waals surface area contributed by atoms with Crippen molar-refractivity contribution >= 4 is 26.9 Å². The first-order valence-corrected chi connectivity index (χ1v) is 7.27. The van der Waals surface area contributed by atoms with Crippen LogP contribution in [0.3, 0.4) is 0 Å². The standard InChI is InChI=1S/C16H11BrO6/c1-22-11-3-2-7(4-8(11)18)12-5-9(19)14-13(23-12)6-10(20)15(17)16(14)21/h2-6,18,20-21H,1H3. The number of hydrogen-bond donors (Lipinski definition) is 3. The maximum atomic E-state index is 12.3. The van der Waals surface area contributed by atoms with Crippen molar-refractivity contribution in [2.45, 2.75) is 0 Å². The molecular formula is C16H11BrO6. The van der Waals surface area contributed by atoms with Gasteiger partial charge in [-0.1, -0.05) is 0 Å². The van der Waals surface area contributed by atoms with Gasteiger partial charge in [0.15, 0.2) is 16.9 Å². The number of fused-ring (bicyclic) bond motifs is 1. The van der Waals surface area contributed by atoms with Crippen LogP contribution in [0, 0.1) is 0 Å². The number of phenolic OH excluding ortho intramolecular Hbond substituents is 3. The number of phenols is 3. The van der Waals surface area contributed by atoms with E-state index in [4.69, 9.17) is 9.15 Å². The van der Waals surface area contributed by atoms with Crippen molar-refractivity contribution in [1.29, 1.82) is 0 Å². The molecule has 0 radical (unpaired) electrons. The van der Waals surface area contributed by atoms with Gasteiger partial charge in [0.1, 0.15) is 32.7 Å². The molecule has 0 saturated carbocycles. The summed E-state index contributed by atoms with van der Waals surface area (Å²) in [7, 11) is 1.42. The van der Waals surface area contributed by atoms with E-state index in [-0.39, 0.29) is 38.5 Å². The molecule has 1 heterocycles. The van der Waals surface area contributed by atoms with Crippen LogP contribution in [0.4, 0.5) is 0 Å². The largest absolute Gasteiger partial charge is 0.506 e. The molecule has 0 unspecified atom stereocenters. The molecule has 0 atom stereocenters. The molecule has 1 aromatic heterocycles. The Bertz CT molecular complexity index is 976. The Morgan fingerprint density at radius 2 is 1.83 bits per heavy atom. The molecule has 0 aliphatic carbocycles. The molecule has 0 saturated heterocycles. The van der Waals surface area contributed by atoms with Gasteiger partial charge in [-0.25, -0.2) is 0 Å². The number of hydrogen-bond acceptors (Lipinski definition) is 6. The van der Waals surface area contributed by atoms with E-state index < -0.39 is 11.2 Å². The van der Waals surface area contributed by atoms with E-state index >= 15 is 0 Å². The predicted octanol–water partition coefficient (Wildman–Crippen LogP) is 3.35. The van der Waals surface area contributed by atoms with Crippen molar-refractivity contribution < 1.29 is 24.5 Å². The average molecular weight is 379 g/mol. The third-order valence-electron chi connectivity index (χ3n) is 3.38. The summed E-state index contributed by atoms with van der Waals surface area (Å²) in [6.45, 7) is 0. The molecule has 3 rings (SSSR count). The van der Waals surface area contributed by atoms with Crippen molar-refractivity contribution in [2.24, 2.45) is 0 Å². The van der Waals surface area contributed by atoms with Crippen LogP contribution in [0.2, 0.25) is 0 Å². The first kappa shape index (κ1) is 15.2. The van der Waals surface area contributed by atoms with E-state index in [1.54, 1.807) is 6.07 Å². The Balaban J connectivity index is 2.26. The smallest absolute Gasteiger partial charge is 0.197 e. The summed E-state index contributed by atoms with van der Waals surface area (Å²) >= 11 is 3.00. The second-order valence-electron chi connectivity index (χ2n) is 4.79. The fourth-order valence-electron chi connectivity index (χ4n) is 2.25. The molecule has 3 aromatic rings. The highest BCUT2D eigenvalue weighted by atomic mass is 79.9. The van der Waals surface area contributed by atoms with Crippen molar-refractivity contribution in [3.8, 4) is 34.3 Å². The SMILES string of the molecule is COc1ccc(-c2cc(=O)c3c(O)c(Br)c(O)cc3o2)cc1O. The van der Waals surface area contributed by atoms with Crippen LogP contribution in [0.15, 0.2) is 44.0 Å². The van der Waals surface area contributed by atoms with Crippen molar-refractivity contribution in [3.63, 3.8) is 0 Å². The minimum Gasteiger partial charge on any atom is -0.506 e. The van der Waals surface area contributed by atoms with Gasteiger partial charge in [-0.3, -0.25) is 4.79 Å². The third kappa shape index (κ3) is 2.49. The van der Waals surface area contributed by atoms with E-state index in [0.717, 1.165) is 0 Å². The Morgan fingerprint density at radius 3 is 2.48 bits per heavy atom. The molecule has 3 N–H and O–H groups in total. The highest BCUT2D eigenvalue weighted by Gasteiger charge is 2.16. The minimum atomic E-state index is -0.477. The second kappa shape index (κ2) is 5.51. The third-order valence-corrected chi connectivity index (χ3v) is 4.16. The van der Waals surface area contributed by atoms with Crippen molar-refractivity contribution in [2.75, 3.05) is 7.11 Å². The molecule has 2 aromatic carbocycles. The Kier molecular flexibility index (Phi) is 3.65. The lowest BCUT2D eigenvalue weighted by Crippen LogP contribution is -2.01. The molecule has 0 spiro atoms. The average Bonchev–Trinajstić information content (AvgIpc) is 2.52. The number of benzene rings is 2. The van der Waals surface area contributed by atoms with Crippen LogP contribution in [0.1, 0.15) is 0 Å². The van der Waals surface area contributed by atoms with Gasteiger partial charge in [-0.2, -0.15) is 0 Å². The van der Waals surface area contributed by atoms with E-state index in [9.17, 15) is 20.1 Å². The zero-order valence-electron chi connectivity index (χ0n) is 11.8. The Hall–Kier alpha value is -2.67. The Labute approximate surface area is 138 Å². The summed E-state index contributed by atoms with van der Waals surface area (Å²) in [5.74, 6) is -0.280. The van der Waals surface area contributed by atoms with Crippen molar-refractivity contribution in [3.05, 3.63) is 45.0 Å². The summed E-state index contributed by atoms with van der Waals surface area (Å²) in [4.78, 5) is 12.3. The van der Waals surface area contributed by atoms with Crippen LogP contribution in [-0.2, 0) is 0 Å². The molecule has 0 amide bonds. The molecule has 118 valence electrons. The van der Waals surface area contributed by atoms with Gasteiger partial charge in [0.05, 0.1) is 7.11 Å². The Morgan fingerprint density at radius 1 is 1.09 bits per heavy atom. The zero-order chi connectivity index (χ0) is 16.7. The maximum absolute atomic E-state index is 12.3. The van der Waals surface area contributed by atoms with Crippen molar-refractivity contribution in [1.82, 2.24) is 0 Å². The number of aromatic hydroxyl groups is 3. The topological polar surface area (TPSA) is 100 Å². The van der Waals surface area contributed by atoms with Crippen LogP contribution in [0.25, 0.3) is 22.3 Å². The van der Waals surface area contributed by atoms with Gasteiger partial charge in [-0.15, -0.1) is 0 Å². The highest BCUT2D eigenvalue weighted by molar-refractivity contribution is 9.10. The minimum absolute atomic E-state index is 0.0205. The summed E-state index contributed by atoms with van der Waals surface area (Å²) in [5, 5.41) is 29.5. The second-order valence-corrected chi connectivity index (χ2v) is 5.59. The normalized spacial score (nSPS) is 10.9. The number of methoxy groups -OCH3 is 1. The summed E-state index contributed by atoms with van der Waals surface area (Å²) in [6.07, 6.45) is 0. The van der Waals surface area contributed by atoms with Crippen LogP contribution in [-0.4, -0.2) is 22.4 Å². The van der Waals surface area contributed by atoms with E-state index in [0.29, 0.717) is 5.56 Å². The van der Waals surface area contributed by atoms with Crippen LogP contribution < -0.4 is 10.2 Å². The highest BCUT2D eigenvalue weighted by Crippen LogP contribution is 2.39. The van der Waals surface area contributed by atoms with Gasteiger partial charge in [0.25, 0.3) is 0 Å². The first-order valence-electron chi connectivity index (χ1n) is 6.48. The molecular weight excluding hydrogens is 368 g/mol. The quantitative estimate of drug-likeness (QED) is 0.632. The van der Waals surface area contributed by atoms with Gasteiger partial charge >= 0.3 is 0 Å². The first-order chi connectivity index (χ1) is 10.9. The lowest BCUT2D eigenvalue weighted by atomic mass is 10.1. The van der Waals surface area contributed by atoms with Gasteiger partial charge in [0.2, 0.25) is 0 Å². The van der Waals surface area contributed by atoms with Gasteiger partial charge in [0, 0.05) is 17.7 Å². The maximum Gasteiger partial charge on any atom is 0.197 e. The monoisotopic (exact) mass is 378 g/mol. The van der Waals surface area contributed by atoms with Gasteiger partial charge < -0.3 is 24.5 Å². The summed E-state index contributed by atoms with van der Waals surface area (Å²) < 4.78 is 10.6. The fraction of sp³-hybridized carbons (Fsp3) is 0.0625. The molecule has 0 bridgehead atoms. The molecule has 7 heteroatoms. The molecule has 0 aliphatic heterocycles. The van der Waals surface area contributed by atoms with Crippen LogP contribution >= 0.6 is 15.9 Å². The zero-order valence-corrected chi connectivity index (χ0v) is 13.4. The lowest BCUT2D eigenvalue weighted by Gasteiger charge is -2.08. The van der Waals surface area contributed by atoms with Gasteiger partial charge in [-0.05, 0) is 34.1 Å². The molecule has 0 aliphatic rings. The fourth-order valence-corrected chi connectivity index (χ4v) is 2.56. The molecule has 6 nitrogen and oxygen atoms in total. The number of ether oxygens (including phenoxy) is 1. The van der Waals surface area contributed by atoms with E-state index in [1.807, 2.05) is 0 Å². The summed E-state index contributed by atoms with van der Waals surface area (Å²) in [5.41, 5.74) is -0.0000333. The number of rotatable bonds is 2. The molecule has 23 heavy (non-hydrogen) atoms. The summed E-state index contributed by atoms with van der Waals surface area (Å²) in [6, 6.07) is 6.97.